The largest absolute Gasteiger partial charge is 0.486 e. The number of benzene rings is 2. The summed E-state index contributed by atoms with van der Waals surface area (Å²) in [6.45, 7) is 2.49. The molecule has 3 rings (SSSR count). The Hall–Kier alpha value is -2.80. The minimum absolute atomic E-state index is 0.222. The van der Waals surface area contributed by atoms with Crippen molar-refractivity contribution in [3.8, 4) is 11.5 Å². The molecule has 6 nitrogen and oxygen atoms in total. The van der Waals surface area contributed by atoms with Crippen molar-refractivity contribution < 1.29 is 23.5 Å². The van der Waals surface area contributed by atoms with Gasteiger partial charge in [0.15, 0.2) is 11.5 Å². The van der Waals surface area contributed by atoms with E-state index in [1.807, 2.05) is 0 Å². The number of ether oxygens (including phenoxy) is 2. The Labute approximate surface area is 160 Å². The summed E-state index contributed by atoms with van der Waals surface area (Å²) in [5.74, 6) is -1.16. The predicted octanol–water partition coefficient (Wildman–Crippen LogP) is 2.94. The average molecular weight is 393 g/mol. The van der Waals surface area contributed by atoms with Gasteiger partial charge in [0.25, 0.3) is 0 Å². The maximum Gasteiger partial charge on any atom is 0.313 e. The maximum absolute atomic E-state index is 13.7. The van der Waals surface area contributed by atoms with Crippen LogP contribution >= 0.6 is 11.6 Å². The number of amides is 2. The first-order valence-corrected chi connectivity index (χ1v) is 8.76. The molecule has 0 aliphatic carbocycles. The molecule has 142 valence electrons. The van der Waals surface area contributed by atoms with Gasteiger partial charge >= 0.3 is 11.8 Å². The van der Waals surface area contributed by atoms with Crippen molar-refractivity contribution in [3.63, 3.8) is 0 Å². The van der Waals surface area contributed by atoms with Crippen LogP contribution in [0, 0.1) is 5.82 Å². The summed E-state index contributed by atoms with van der Waals surface area (Å²) in [6, 6.07) is 8.87. The van der Waals surface area contributed by atoms with E-state index in [0.29, 0.717) is 30.3 Å². The Balaban J connectivity index is 1.61. The lowest BCUT2D eigenvalue weighted by Crippen LogP contribution is -2.41. The van der Waals surface area contributed by atoms with Crippen LogP contribution < -0.4 is 20.1 Å². The molecule has 1 atom stereocenters. The fourth-order valence-electron chi connectivity index (χ4n) is 2.67. The number of anilines is 1. The number of halogens is 2. The van der Waals surface area contributed by atoms with Gasteiger partial charge in [0.2, 0.25) is 0 Å². The molecule has 2 amide bonds. The molecule has 1 aliphatic heterocycles. The van der Waals surface area contributed by atoms with E-state index in [2.05, 4.69) is 10.6 Å². The van der Waals surface area contributed by atoms with Gasteiger partial charge in [-0.25, -0.2) is 4.39 Å². The van der Waals surface area contributed by atoms with Crippen LogP contribution in [0.15, 0.2) is 36.4 Å². The molecule has 0 fully saturated rings. The first kappa shape index (κ1) is 19.0. The summed E-state index contributed by atoms with van der Waals surface area (Å²) >= 11 is 6.12. The van der Waals surface area contributed by atoms with Crippen LogP contribution in [0.3, 0.4) is 0 Å². The highest BCUT2D eigenvalue weighted by atomic mass is 35.5. The molecule has 0 spiro atoms. The van der Waals surface area contributed by atoms with Crippen LogP contribution in [0.25, 0.3) is 0 Å². The molecule has 27 heavy (non-hydrogen) atoms. The van der Waals surface area contributed by atoms with E-state index in [4.69, 9.17) is 21.1 Å². The van der Waals surface area contributed by atoms with E-state index in [9.17, 15) is 14.0 Å². The van der Waals surface area contributed by atoms with Crippen molar-refractivity contribution in [1.29, 1.82) is 0 Å². The van der Waals surface area contributed by atoms with Gasteiger partial charge in [-0.05, 0) is 25.0 Å². The van der Waals surface area contributed by atoms with Gasteiger partial charge in [0.1, 0.15) is 19.0 Å². The number of fused-ring (bicyclic) bond motifs is 1. The molecular weight excluding hydrogens is 375 g/mol. The molecule has 1 unspecified atom stereocenters. The molecule has 0 saturated heterocycles. The van der Waals surface area contributed by atoms with Crippen molar-refractivity contribution in [2.24, 2.45) is 0 Å². The summed E-state index contributed by atoms with van der Waals surface area (Å²) in [5, 5.41) is 5.21. The summed E-state index contributed by atoms with van der Waals surface area (Å²) in [6.07, 6.45) is 0.260. The Morgan fingerprint density at radius 2 is 1.81 bits per heavy atom. The molecule has 2 aromatic carbocycles. The third kappa shape index (κ3) is 4.68. The van der Waals surface area contributed by atoms with Crippen LogP contribution in [0.5, 0.6) is 11.5 Å². The quantitative estimate of drug-likeness (QED) is 0.784. The van der Waals surface area contributed by atoms with Gasteiger partial charge in [-0.15, -0.1) is 0 Å². The first-order valence-electron chi connectivity index (χ1n) is 8.38. The second-order valence-corrected chi connectivity index (χ2v) is 6.51. The minimum Gasteiger partial charge on any atom is -0.486 e. The first-order chi connectivity index (χ1) is 12.9. The van der Waals surface area contributed by atoms with E-state index in [1.165, 1.54) is 18.2 Å². The van der Waals surface area contributed by atoms with E-state index in [-0.39, 0.29) is 22.9 Å². The number of hydrogen-bond acceptors (Lipinski definition) is 4. The molecule has 8 heteroatoms. The van der Waals surface area contributed by atoms with Crippen LogP contribution in [0.2, 0.25) is 5.02 Å². The minimum atomic E-state index is -0.881. The summed E-state index contributed by atoms with van der Waals surface area (Å²) < 4.78 is 24.5. The number of carbonyl (C=O) groups excluding carboxylic acids is 2. The van der Waals surface area contributed by atoms with Crippen LogP contribution in [-0.2, 0) is 16.0 Å². The second kappa shape index (κ2) is 8.26. The highest BCUT2D eigenvalue weighted by molar-refractivity contribution is 6.41. The van der Waals surface area contributed by atoms with E-state index >= 15 is 0 Å². The molecule has 2 aromatic rings. The molecule has 1 heterocycles. The van der Waals surface area contributed by atoms with E-state index in [0.717, 1.165) is 0 Å². The van der Waals surface area contributed by atoms with Crippen LogP contribution in [0.4, 0.5) is 10.1 Å². The number of carbonyl (C=O) groups is 2. The number of hydrogen-bond donors (Lipinski definition) is 2. The van der Waals surface area contributed by atoms with E-state index < -0.39 is 17.9 Å². The zero-order valence-electron chi connectivity index (χ0n) is 14.6. The van der Waals surface area contributed by atoms with Gasteiger partial charge < -0.3 is 20.1 Å². The van der Waals surface area contributed by atoms with Gasteiger partial charge in [-0.2, -0.15) is 0 Å². The summed E-state index contributed by atoms with van der Waals surface area (Å²) in [5.41, 5.74) is 0.698. The third-order valence-electron chi connectivity index (χ3n) is 3.95. The lowest BCUT2D eigenvalue weighted by atomic mass is 10.1. The molecule has 0 aromatic heterocycles. The maximum atomic E-state index is 13.7. The lowest BCUT2D eigenvalue weighted by Gasteiger charge is -2.20. The highest BCUT2D eigenvalue weighted by Gasteiger charge is 2.21. The zero-order chi connectivity index (χ0) is 19.4. The van der Waals surface area contributed by atoms with Crippen molar-refractivity contribution in [3.05, 3.63) is 52.8 Å². The van der Waals surface area contributed by atoms with Crippen molar-refractivity contribution >= 4 is 29.1 Å². The van der Waals surface area contributed by atoms with Gasteiger partial charge in [0.05, 0.1) is 10.7 Å². The topological polar surface area (TPSA) is 76.7 Å². The second-order valence-electron chi connectivity index (χ2n) is 6.10. The smallest absolute Gasteiger partial charge is 0.313 e. The van der Waals surface area contributed by atoms with Crippen molar-refractivity contribution in [2.75, 3.05) is 18.5 Å². The summed E-state index contributed by atoms with van der Waals surface area (Å²) in [7, 11) is 0. The molecule has 2 N–H and O–H groups in total. The van der Waals surface area contributed by atoms with Gasteiger partial charge in [-0.1, -0.05) is 29.8 Å². The highest BCUT2D eigenvalue weighted by Crippen LogP contribution is 2.37. The standard InChI is InChI=1S/C19H18ClFN2O4/c1-11(8-12-4-2-3-5-14(12)21)22-18(24)19(25)23-15-10-17-16(9-13(15)20)26-6-7-27-17/h2-5,9-11H,6-8H2,1H3,(H,22,24)(H,23,25). The number of nitrogens with one attached hydrogen (secondary N) is 2. The predicted molar refractivity (Wildman–Crippen MR) is 98.8 cm³/mol. The average Bonchev–Trinajstić information content (AvgIpc) is 2.64. The zero-order valence-corrected chi connectivity index (χ0v) is 15.3. The van der Waals surface area contributed by atoms with Crippen molar-refractivity contribution in [2.45, 2.75) is 19.4 Å². The fraction of sp³-hybridized carbons (Fsp3) is 0.263. The third-order valence-corrected chi connectivity index (χ3v) is 4.26. The van der Waals surface area contributed by atoms with E-state index in [1.54, 1.807) is 25.1 Å². The lowest BCUT2D eigenvalue weighted by molar-refractivity contribution is -0.136. The molecule has 0 bridgehead atoms. The molecule has 0 radical (unpaired) electrons. The Kier molecular flexibility index (Phi) is 5.81. The molecule has 1 aliphatic rings. The summed E-state index contributed by atoms with van der Waals surface area (Å²) in [4.78, 5) is 24.3. The molecular formula is C19H18ClFN2O4. The monoisotopic (exact) mass is 392 g/mol. The Morgan fingerprint density at radius 1 is 1.15 bits per heavy atom. The van der Waals surface area contributed by atoms with Crippen molar-refractivity contribution in [1.82, 2.24) is 5.32 Å². The normalized spacial score (nSPS) is 13.6. The van der Waals surface area contributed by atoms with Crippen LogP contribution in [0.1, 0.15) is 12.5 Å². The Morgan fingerprint density at radius 3 is 2.52 bits per heavy atom. The fourth-order valence-corrected chi connectivity index (χ4v) is 2.87. The van der Waals surface area contributed by atoms with Gasteiger partial charge in [0, 0.05) is 18.2 Å². The van der Waals surface area contributed by atoms with Gasteiger partial charge in [-0.3, -0.25) is 9.59 Å². The number of rotatable bonds is 4. The molecule has 0 saturated carbocycles. The Bertz CT molecular complexity index is 875. The SMILES string of the molecule is CC(Cc1ccccc1F)NC(=O)C(=O)Nc1cc2c(cc1Cl)OCCO2. The van der Waals surface area contributed by atoms with Crippen LogP contribution in [-0.4, -0.2) is 31.1 Å².